The Balaban J connectivity index is 1.42. The number of hydrogen-bond donors (Lipinski definition) is 0. The van der Waals surface area contributed by atoms with Crippen molar-refractivity contribution in [3.63, 3.8) is 0 Å². The lowest BCUT2D eigenvalue weighted by molar-refractivity contribution is 0.101. The molecule has 3 heterocycles. The highest BCUT2D eigenvalue weighted by atomic mass is 16.1. The second-order valence-electron chi connectivity index (χ2n) is 7.39. The molecule has 1 fully saturated rings. The summed E-state index contributed by atoms with van der Waals surface area (Å²) in [6.45, 7) is 7.86. The van der Waals surface area contributed by atoms with Gasteiger partial charge in [-0.1, -0.05) is 6.07 Å². The van der Waals surface area contributed by atoms with Crippen LogP contribution in [0.25, 0.3) is 5.65 Å². The molecular formula is C22H24N4O2. The number of piperazine rings is 1. The maximum absolute atomic E-state index is 12.4. The molecule has 6 heteroatoms. The van der Waals surface area contributed by atoms with Gasteiger partial charge in [-0.25, -0.2) is 4.98 Å². The first-order chi connectivity index (χ1) is 13.5. The summed E-state index contributed by atoms with van der Waals surface area (Å²) >= 11 is 0. The molecule has 3 aromatic rings. The molecule has 0 atom stereocenters. The van der Waals surface area contributed by atoms with Crippen molar-refractivity contribution in [3.05, 3.63) is 75.8 Å². The van der Waals surface area contributed by atoms with Gasteiger partial charge in [0.15, 0.2) is 5.78 Å². The molecule has 4 rings (SSSR count). The summed E-state index contributed by atoms with van der Waals surface area (Å²) in [7, 11) is 0. The van der Waals surface area contributed by atoms with Crippen LogP contribution in [0.3, 0.4) is 0 Å². The Morgan fingerprint density at radius 1 is 1.04 bits per heavy atom. The van der Waals surface area contributed by atoms with Crippen LogP contribution in [0.4, 0.5) is 5.69 Å². The van der Waals surface area contributed by atoms with Crippen LogP contribution >= 0.6 is 0 Å². The minimum Gasteiger partial charge on any atom is -0.369 e. The number of rotatable bonds is 4. The largest absolute Gasteiger partial charge is 0.369 e. The van der Waals surface area contributed by atoms with Crippen LogP contribution in [0.1, 0.15) is 28.5 Å². The number of pyridine rings is 1. The maximum Gasteiger partial charge on any atom is 0.258 e. The summed E-state index contributed by atoms with van der Waals surface area (Å²) in [6, 6.07) is 13.3. The summed E-state index contributed by atoms with van der Waals surface area (Å²) in [4.78, 5) is 33.1. The van der Waals surface area contributed by atoms with E-state index in [-0.39, 0.29) is 11.3 Å². The van der Waals surface area contributed by atoms with Crippen LogP contribution in [0, 0.1) is 6.92 Å². The van der Waals surface area contributed by atoms with Crippen LogP contribution < -0.4 is 10.5 Å². The van der Waals surface area contributed by atoms with Gasteiger partial charge in [0.1, 0.15) is 5.65 Å². The SMILES string of the molecule is CC(=O)c1ccc(N2CCN(Cc3cc(=O)n4cc(C)ccc4n3)CC2)cc1. The Kier molecular flexibility index (Phi) is 4.96. The zero-order valence-corrected chi connectivity index (χ0v) is 16.3. The number of anilines is 1. The third kappa shape index (κ3) is 3.82. The van der Waals surface area contributed by atoms with Crippen molar-refractivity contribution in [2.45, 2.75) is 20.4 Å². The van der Waals surface area contributed by atoms with Crippen molar-refractivity contribution in [1.29, 1.82) is 0 Å². The van der Waals surface area contributed by atoms with E-state index in [0.29, 0.717) is 12.2 Å². The quantitative estimate of drug-likeness (QED) is 0.655. The standard InChI is InChI=1S/C22H24N4O2/c1-16-3-8-21-23-19(13-22(28)26(21)14-16)15-24-9-11-25(12-10-24)20-6-4-18(5-7-20)17(2)27/h3-8,13-14H,9-12,15H2,1-2H3. The van der Waals surface area contributed by atoms with Gasteiger partial charge in [0, 0.05) is 56.2 Å². The second kappa shape index (κ2) is 7.56. The summed E-state index contributed by atoms with van der Waals surface area (Å²) < 4.78 is 1.60. The predicted octanol–water partition coefficient (Wildman–Crippen LogP) is 2.53. The number of carbonyl (C=O) groups excluding carboxylic acids is 1. The van der Waals surface area contributed by atoms with Gasteiger partial charge in [-0.05, 0) is 49.7 Å². The predicted molar refractivity (Wildman–Crippen MR) is 110 cm³/mol. The number of benzene rings is 1. The topological polar surface area (TPSA) is 57.9 Å². The summed E-state index contributed by atoms with van der Waals surface area (Å²) in [6.07, 6.45) is 1.82. The Morgan fingerprint density at radius 3 is 2.43 bits per heavy atom. The molecule has 28 heavy (non-hydrogen) atoms. The maximum atomic E-state index is 12.4. The van der Waals surface area contributed by atoms with E-state index in [1.54, 1.807) is 17.4 Å². The van der Waals surface area contributed by atoms with Gasteiger partial charge >= 0.3 is 0 Å². The minimum atomic E-state index is -0.0344. The van der Waals surface area contributed by atoms with Crippen molar-refractivity contribution in [1.82, 2.24) is 14.3 Å². The van der Waals surface area contributed by atoms with E-state index >= 15 is 0 Å². The fraction of sp³-hybridized carbons (Fsp3) is 0.318. The number of hydrogen-bond acceptors (Lipinski definition) is 5. The van der Waals surface area contributed by atoms with Gasteiger partial charge in [-0.2, -0.15) is 0 Å². The number of aromatic nitrogens is 2. The van der Waals surface area contributed by atoms with E-state index in [4.69, 9.17) is 0 Å². The first-order valence-corrected chi connectivity index (χ1v) is 9.57. The zero-order chi connectivity index (χ0) is 19.7. The molecule has 6 nitrogen and oxygen atoms in total. The average Bonchev–Trinajstić information content (AvgIpc) is 2.69. The highest BCUT2D eigenvalue weighted by molar-refractivity contribution is 5.94. The van der Waals surface area contributed by atoms with Gasteiger partial charge in [0.2, 0.25) is 0 Å². The molecule has 1 aliphatic rings. The average molecular weight is 376 g/mol. The molecule has 2 aromatic heterocycles. The van der Waals surface area contributed by atoms with E-state index < -0.39 is 0 Å². The van der Waals surface area contributed by atoms with Gasteiger partial charge < -0.3 is 4.90 Å². The summed E-state index contributed by atoms with van der Waals surface area (Å²) in [5.41, 5.74) is 4.39. The molecule has 1 saturated heterocycles. The van der Waals surface area contributed by atoms with Crippen LogP contribution in [-0.4, -0.2) is 46.2 Å². The Morgan fingerprint density at radius 2 is 1.75 bits per heavy atom. The van der Waals surface area contributed by atoms with E-state index in [9.17, 15) is 9.59 Å². The smallest absolute Gasteiger partial charge is 0.258 e. The van der Waals surface area contributed by atoms with E-state index in [1.165, 1.54) is 0 Å². The summed E-state index contributed by atoms with van der Waals surface area (Å²) in [5.74, 6) is 0.0883. The number of aryl methyl sites for hydroxylation is 1. The molecule has 1 aromatic carbocycles. The van der Waals surface area contributed by atoms with Gasteiger partial charge in [-0.3, -0.25) is 18.9 Å². The first kappa shape index (κ1) is 18.4. The third-order valence-electron chi connectivity index (χ3n) is 5.26. The molecule has 1 aliphatic heterocycles. The summed E-state index contributed by atoms with van der Waals surface area (Å²) in [5, 5.41) is 0. The van der Waals surface area contributed by atoms with Crippen molar-refractivity contribution >= 4 is 17.1 Å². The molecule has 0 N–H and O–H groups in total. The van der Waals surface area contributed by atoms with E-state index in [2.05, 4.69) is 14.8 Å². The van der Waals surface area contributed by atoms with Crippen molar-refractivity contribution in [3.8, 4) is 0 Å². The molecule has 0 spiro atoms. The van der Waals surface area contributed by atoms with Gasteiger partial charge in [0.25, 0.3) is 5.56 Å². The first-order valence-electron chi connectivity index (χ1n) is 9.57. The van der Waals surface area contributed by atoms with Crippen molar-refractivity contribution < 1.29 is 4.79 Å². The van der Waals surface area contributed by atoms with Crippen molar-refractivity contribution in [2.24, 2.45) is 0 Å². The van der Waals surface area contributed by atoms with E-state index in [0.717, 1.165) is 48.7 Å². The number of carbonyl (C=O) groups is 1. The minimum absolute atomic E-state index is 0.0344. The van der Waals surface area contributed by atoms with Crippen LogP contribution in [0.2, 0.25) is 0 Å². The number of fused-ring (bicyclic) bond motifs is 1. The Hall–Kier alpha value is -2.99. The molecule has 0 bridgehead atoms. The lowest BCUT2D eigenvalue weighted by Gasteiger charge is -2.36. The van der Waals surface area contributed by atoms with Crippen LogP contribution in [0.5, 0.6) is 0 Å². The van der Waals surface area contributed by atoms with Gasteiger partial charge in [-0.15, -0.1) is 0 Å². The lowest BCUT2D eigenvalue weighted by Crippen LogP contribution is -2.46. The van der Waals surface area contributed by atoms with Gasteiger partial charge in [0.05, 0.1) is 5.69 Å². The Labute approximate surface area is 164 Å². The molecule has 0 radical (unpaired) electrons. The third-order valence-corrected chi connectivity index (χ3v) is 5.26. The van der Waals surface area contributed by atoms with E-state index in [1.807, 2.05) is 49.5 Å². The Bertz CT molecular complexity index is 1060. The molecule has 144 valence electrons. The van der Waals surface area contributed by atoms with Crippen LogP contribution in [-0.2, 0) is 6.54 Å². The molecule has 0 amide bonds. The van der Waals surface area contributed by atoms with Crippen molar-refractivity contribution in [2.75, 3.05) is 31.1 Å². The number of Topliss-reactive ketones (excluding diaryl/α,β-unsaturated/α-hetero) is 1. The number of ketones is 1. The molecule has 0 saturated carbocycles. The highest BCUT2D eigenvalue weighted by Gasteiger charge is 2.18. The second-order valence-corrected chi connectivity index (χ2v) is 7.39. The lowest BCUT2D eigenvalue weighted by atomic mass is 10.1. The monoisotopic (exact) mass is 376 g/mol. The zero-order valence-electron chi connectivity index (χ0n) is 16.3. The van der Waals surface area contributed by atoms with Crippen LogP contribution in [0.15, 0.2) is 53.5 Å². The highest BCUT2D eigenvalue weighted by Crippen LogP contribution is 2.18. The molecule has 0 aliphatic carbocycles. The number of nitrogens with zero attached hydrogens (tertiary/aromatic N) is 4. The molecular weight excluding hydrogens is 352 g/mol. The fourth-order valence-corrected chi connectivity index (χ4v) is 3.64. The normalized spacial score (nSPS) is 15.1. The fourth-order valence-electron chi connectivity index (χ4n) is 3.64. The molecule has 0 unspecified atom stereocenters.